The molecule has 1 amide bonds. The van der Waals surface area contributed by atoms with Gasteiger partial charge in [-0.3, -0.25) is 14.4 Å². The van der Waals surface area contributed by atoms with Gasteiger partial charge in [0.1, 0.15) is 5.75 Å². The Morgan fingerprint density at radius 2 is 1.92 bits per heavy atom. The van der Waals surface area contributed by atoms with Crippen LogP contribution in [0.2, 0.25) is 0 Å². The van der Waals surface area contributed by atoms with Gasteiger partial charge in [0.2, 0.25) is 5.91 Å². The third kappa shape index (κ3) is 3.45. The molecule has 0 radical (unpaired) electrons. The normalized spacial score (nSPS) is 16.8. The summed E-state index contributed by atoms with van der Waals surface area (Å²) in [6.45, 7) is 2.32. The van der Waals surface area contributed by atoms with Gasteiger partial charge in [-0.1, -0.05) is 37.3 Å². The molecule has 0 unspecified atom stereocenters. The number of aryl methyl sites for hydroxylation is 1. The monoisotopic (exact) mass is 337 g/mol. The number of nitrogens with zero attached hydrogens (tertiary/aromatic N) is 1. The molecular weight excluding hydrogens is 318 g/mol. The van der Waals surface area contributed by atoms with E-state index in [4.69, 9.17) is 4.74 Å². The summed E-state index contributed by atoms with van der Waals surface area (Å²) in [5, 5.41) is 0. The maximum Gasteiger partial charge on any atom is 0.316 e. The zero-order chi connectivity index (χ0) is 17.8. The van der Waals surface area contributed by atoms with Crippen LogP contribution in [0, 0.1) is 5.92 Å². The lowest BCUT2D eigenvalue weighted by atomic mass is 10.1. The molecule has 128 valence electrons. The van der Waals surface area contributed by atoms with E-state index in [1.807, 2.05) is 31.2 Å². The maximum atomic E-state index is 12.4. The number of carbonyl (C=O) groups is 3. The number of amides is 1. The zero-order valence-corrected chi connectivity index (χ0v) is 14.0. The summed E-state index contributed by atoms with van der Waals surface area (Å²) in [4.78, 5) is 37.5. The van der Waals surface area contributed by atoms with E-state index in [0.717, 1.165) is 17.7 Å². The lowest BCUT2D eigenvalue weighted by molar-refractivity contribution is -0.139. The molecule has 5 nitrogen and oxygen atoms in total. The van der Waals surface area contributed by atoms with Crippen molar-refractivity contribution in [3.05, 3.63) is 59.7 Å². The van der Waals surface area contributed by atoms with E-state index in [9.17, 15) is 14.4 Å². The zero-order valence-electron chi connectivity index (χ0n) is 14.0. The highest BCUT2D eigenvalue weighted by Gasteiger charge is 2.37. The van der Waals surface area contributed by atoms with E-state index in [-0.39, 0.29) is 24.6 Å². The van der Waals surface area contributed by atoms with Crippen molar-refractivity contribution in [3.63, 3.8) is 0 Å². The van der Waals surface area contributed by atoms with E-state index in [2.05, 4.69) is 0 Å². The van der Waals surface area contributed by atoms with Gasteiger partial charge >= 0.3 is 5.97 Å². The fourth-order valence-electron chi connectivity index (χ4n) is 3.03. The van der Waals surface area contributed by atoms with Crippen LogP contribution < -0.4 is 9.64 Å². The van der Waals surface area contributed by atoms with Crippen LogP contribution in [-0.4, -0.2) is 24.7 Å². The lowest BCUT2D eigenvalue weighted by Gasteiger charge is -2.19. The second kappa shape index (κ2) is 7.30. The van der Waals surface area contributed by atoms with Gasteiger partial charge < -0.3 is 9.64 Å². The Hall–Kier alpha value is -2.95. The molecule has 1 aliphatic heterocycles. The number of esters is 1. The second-order valence-corrected chi connectivity index (χ2v) is 5.96. The van der Waals surface area contributed by atoms with Crippen LogP contribution in [0.4, 0.5) is 5.69 Å². The van der Waals surface area contributed by atoms with Crippen LogP contribution in [0.25, 0.3) is 0 Å². The van der Waals surface area contributed by atoms with Gasteiger partial charge in [0.25, 0.3) is 0 Å². The standard InChI is InChI=1S/C20H19NO4/c1-2-14-7-3-5-9-17(14)21-12-16(11-19(21)23)20(24)25-18-10-6-4-8-15(18)13-22/h3-10,13,16H,2,11-12H2,1H3/t16-/m0/s1. The van der Waals surface area contributed by atoms with Crippen LogP contribution in [0.5, 0.6) is 5.75 Å². The van der Waals surface area contributed by atoms with Crippen LogP contribution in [-0.2, 0) is 16.0 Å². The van der Waals surface area contributed by atoms with Crippen molar-refractivity contribution in [3.8, 4) is 5.75 Å². The first-order valence-electron chi connectivity index (χ1n) is 8.28. The molecule has 2 aromatic rings. The van der Waals surface area contributed by atoms with Gasteiger partial charge in [-0.05, 0) is 30.2 Å². The van der Waals surface area contributed by atoms with Gasteiger partial charge in [0, 0.05) is 18.7 Å². The highest BCUT2D eigenvalue weighted by atomic mass is 16.5. The molecule has 25 heavy (non-hydrogen) atoms. The Bertz CT molecular complexity index is 815. The summed E-state index contributed by atoms with van der Waals surface area (Å²) < 4.78 is 5.36. The molecule has 0 N–H and O–H groups in total. The first kappa shape index (κ1) is 16.9. The topological polar surface area (TPSA) is 63.7 Å². The minimum absolute atomic E-state index is 0.0912. The molecule has 5 heteroatoms. The van der Waals surface area contributed by atoms with Gasteiger partial charge in [0.15, 0.2) is 6.29 Å². The van der Waals surface area contributed by atoms with Gasteiger partial charge in [-0.25, -0.2) is 0 Å². The van der Waals surface area contributed by atoms with Gasteiger partial charge in [0.05, 0.1) is 11.5 Å². The van der Waals surface area contributed by atoms with Gasteiger partial charge in [-0.2, -0.15) is 0 Å². The number of hydrogen-bond donors (Lipinski definition) is 0. The van der Waals surface area contributed by atoms with Crippen molar-refractivity contribution < 1.29 is 19.1 Å². The van der Waals surface area contributed by atoms with E-state index in [0.29, 0.717) is 11.8 Å². The van der Waals surface area contributed by atoms with Crippen molar-refractivity contribution in [1.82, 2.24) is 0 Å². The van der Waals surface area contributed by atoms with Gasteiger partial charge in [-0.15, -0.1) is 0 Å². The molecular formula is C20H19NO4. The number of para-hydroxylation sites is 2. The predicted octanol–water partition coefficient (Wildman–Crippen LogP) is 3.02. The fraction of sp³-hybridized carbons (Fsp3) is 0.250. The molecule has 0 bridgehead atoms. The summed E-state index contributed by atoms with van der Waals surface area (Å²) >= 11 is 0. The summed E-state index contributed by atoms with van der Waals surface area (Å²) in [5.41, 5.74) is 2.23. The molecule has 1 atom stereocenters. The predicted molar refractivity (Wildman–Crippen MR) is 93.7 cm³/mol. The molecule has 3 rings (SSSR count). The van der Waals surface area contributed by atoms with E-state index < -0.39 is 11.9 Å². The quantitative estimate of drug-likeness (QED) is 0.478. The molecule has 0 aromatic heterocycles. The van der Waals surface area contributed by atoms with Crippen molar-refractivity contribution >= 4 is 23.9 Å². The number of carbonyl (C=O) groups excluding carboxylic acids is 3. The molecule has 1 fully saturated rings. The van der Waals surface area contributed by atoms with Crippen molar-refractivity contribution in [2.75, 3.05) is 11.4 Å². The smallest absolute Gasteiger partial charge is 0.316 e. The Labute approximate surface area is 146 Å². The molecule has 1 saturated heterocycles. The Balaban J connectivity index is 1.76. The molecule has 0 spiro atoms. The van der Waals surface area contributed by atoms with Crippen LogP contribution >= 0.6 is 0 Å². The number of ether oxygens (including phenoxy) is 1. The average Bonchev–Trinajstić information content (AvgIpc) is 3.03. The average molecular weight is 337 g/mol. The van der Waals surface area contributed by atoms with Crippen LogP contribution in [0.3, 0.4) is 0 Å². The van der Waals surface area contributed by atoms with Crippen molar-refractivity contribution in [2.45, 2.75) is 19.8 Å². The highest BCUT2D eigenvalue weighted by molar-refractivity contribution is 6.00. The summed E-state index contributed by atoms with van der Waals surface area (Å²) in [7, 11) is 0. The Morgan fingerprint density at radius 1 is 1.20 bits per heavy atom. The molecule has 2 aromatic carbocycles. The summed E-state index contributed by atoms with van der Waals surface area (Å²) in [6.07, 6.45) is 1.56. The number of benzene rings is 2. The van der Waals surface area contributed by atoms with Crippen molar-refractivity contribution in [2.24, 2.45) is 5.92 Å². The summed E-state index contributed by atoms with van der Waals surface area (Å²) in [5.74, 6) is -0.898. The van der Waals surface area contributed by atoms with E-state index in [1.165, 1.54) is 0 Å². The first-order chi connectivity index (χ1) is 12.1. The molecule has 1 aliphatic rings. The second-order valence-electron chi connectivity index (χ2n) is 5.96. The lowest BCUT2D eigenvalue weighted by Crippen LogP contribution is -2.28. The first-order valence-corrected chi connectivity index (χ1v) is 8.28. The summed E-state index contributed by atoms with van der Waals surface area (Å²) in [6, 6.07) is 14.2. The van der Waals surface area contributed by atoms with E-state index in [1.54, 1.807) is 29.2 Å². The third-order valence-electron chi connectivity index (χ3n) is 4.38. The van der Waals surface area contributed by atoms with Crippen molar-refractivity contribution in [1.29, 1.82) is 0 Å². The maximum absolute atomic E-state index is 12.4. The number of anilines is 1. The number of rotatable bonds is 5. The highest BCUT2D eigenvalue weighted by Crippen LogP contribution is 2.29. The SMILES string of the molecule is CCc1ccccc1N1C[C@@H](C(=O)Oc2ccccc2C=O)CC1=O. The number of hydrogen-bond acceptors (Lipinski definition) is 4. The molecule has 0 saturated carbocycles. The van der Waals surface area contributed by atoms with E-state index >= 15 is 0 Å². The van der Waals surface area contributed by atoms with Crippen LogP contribution in [0.1, 0.15) is 29.3 Å². The largest absolute Gasteiger partial charge is 0.425 e. The Kier molecular flexibility index (Phi) is 4.93. The van der Waals surface area contributed by atoms with Crippen LogP contribution in [0.15, 0.2) is 48.5 Å². The number of aldehydes is 1. The minimum Gasteiger partial charge on any atom is -0.425 e. The molecule has 0 aliphatic carbocycles. The molecule has 1 heterocycles. The fourth-order valence-corrected chi connectivity index (χ4v) is 3.03. The third-order valence-corrected chi connectivity index (χ3v) is 4.38. The Morgan fingerprint density at radius 3 is 2.68 bits per heavy atom. The minimum atomic E-state index is -0.544.